The molecule has 0 aliphatic heterocycles. The van der Waals surface area contributed by atoms with E-state index < -0.39 is 41.9 Å². The molecule has 0 bridgehead atoms. The zero-order valence-corrected chi connectivity index (χ0v) is 9.62. The second-order valence-electron chi connectivity index (χ2n) is 3.92. The molecule has 0 aromatic carbocycles. The zero-order chi connectivity index (χ0) is 19.5. The Morgan fingerprint density at radius 1 is 0.391 bits per heavy atom. The van der Waals surface area contributed by atoms with E-state index in [4.69, 9.17) is 5.11 Å². The molecule has 0 rings (SSSR count). The van der Waals surface area contributed by atoms with Crippen LogP contribution in [0.3, 0.4) is 0 Å². The Labute approximate surface area is 114 Å². The standard InChI is InChI=1S/C7HF15O/c8-1(5(15,16)17,6(18,19)20)2(9,10)3(11,12)4(13,14)7(21,22)23/h23H. The van der Waals surface area contributed by atoms with Crippen LogP contribution in [0, 0.1) is 0 Å². The third kappa shape index (κ3) is 2.67. The van der Waals surface area contributed by atoms with Crippen molar-refractivity contribution in [2.75, 3.05) is 0 Å². The fraction of sp³-hybridized carbons (Fsp3) is 1.00. The van der Waals surface area contributed by atoms with Crippen LogP contribution in [0.4, 0.5) is 65.9 Å². The van der Waals surface area contributed by atoms with Gasteiger partial charge in [-0.05, 0) is 0 Å². The Balaban J connectivity index is 6.65. The van der Waals surface area contributed by atoms with Crippen molar-refractivity contribution in [1.82, 2.24) is 0 Å². The lowest BCUT2D eigenvalue weighted by Gasteiger charge is -2.42. The van der Waals surface area contributed by atoms with Crippen LogP contribution in [-0.2, 0) is 0 Å². The van der Waals surface area contributed by atoms with Gasteiger partial charge in [-0.25, -0.2) is 4.39 Å². The fourth-order valence-corrected chi connectivity index (χ4v) is 1.12. The average molecular weight is 386 g/mol. The smallest absolute Gasteiger partial charge is 0.331 e. The second kappa shape index (κ2) is 4.95. The quantitative estimate of drug-likeness (QED) is 0.715. The van der Waals surface area contributed by atoms with Crippen molar-refractivity contribution in [3.63, 3.8) is 0 Å². The maximum absolute atomic E-state index is 12.9. The molecular formula is C7HF15O. The Kier molecular flexibility index (Phi) is 4.72. The Bertz CT molecular complexity index is 422. The van der Waals surface area contributed by atoms with Crippen LogP contribution in [0.5, 0.6) is 0 Å². The monoisotopic (exact) mass is 386 g/mol. The molecule has 23 heavy (non-hydrogen) atoms. The number of rotatable bonds is 4. The molecule has 0 saturated heterocycles. The minimum absolute atomic E-state index is 7.21. The highest BCUT2D eigenvalue weighted by molar-refractivity contribution is 5.15. The molecule has 0 fully saturated rings. The average Bonchev–Trinajstić information content (AvgIpc) is 2.22. The number of halogens is 15. The van der Waals surface area contributed by atoms with Gasteiger partial charge >= 0.3 is 41.9 Å². The summed E-state index contributed by atoms with van der Waals surface area (Å²) in [6.07, 6.45) is -23.1. The maximum Gasteiger partial charge on any atom is 0.438 e. The van der Waals surface area contributed by atoms with Crippen molar-refractivity contribution in [2.45, 2.75) is 41.9 Å². The first-order valence-electron chi connectivity index (χ1n) is 4.56. The largest absolute Gasteiger partial charge is 0.438 e. The molecule has 16 heteroatoms. The molecule has 0 aromatic rings. The number of hydrogen-bond acceptors (Lipinski definition) is 1. The molecule has 0 heterocycles. The van der Waals surface area contributed by atoms with Crippen molar-refractivity contribution < 1.29 is 71.0 Å². The summed E-state index contributed by atoms with van der Waals surface area (Å²) in [7, 11) is 0. The Morgan fingerprint density at radius 3 is 0.826 bits per heavy atom. The van der Waals surface area contributed by atoms with Crippen molar-refractivity contribution in [1.29, 1.82) is 0 Å². The molecule has 0 atom stereocenters. The molecular weight excluding hydrogens is 385 g/mol. The van der Waals surface area contributed by atoms with Gasteiger partial charge in [-0.3, -0.25) is 0 Å². The second-order valence-corrected chi connectivity index (χ2v) is 3.92. The Hall–Kier alpha value is -1.09. The van der Waals surface area contributed by atoms with E-state index in [9.17, 15) is 65.9 Å². The van der Waals surface area contributed by atoms with Crippen molar-refractivity contribution in [3.05, 3.63) is 0 Å². The van der Waals surface area contributed by atoms with Crippen molar-refractivity contribution in [3.8, 4) is 0 Å². The molecule has 0 radical (unpaired) electrons. The Morgan fingerprint density at radius 2 is 0.652 bits per heavy atom. The van der Waals surface area contributed by atoms with Crippen LogP contribution >= 0.6 is 0 Å². The molecule has 0 unspecified atom stereocenters. The topological polar surface area (TPSA) is 20.2 Å². The van der Waals surface area contributed by atoms with Gasteiger partial charge in [0.2, 0.25) is 0 Å². The predicted molar refractivity (Wildman–Crippen MR) is 38.0 cm³/mol. The van der Waals surface area contributed by atoms with E-state index in [-0.39, 0.29) is 0 Å². The normalized spacial score (nSPS) is 16.7. The molecule has 0 saturated carbocycles. The molecule has 0 aromatic heterocycles. The van der Waals surface area contributed by atoms with Crippen molar-refractivity contribution in [2.24, 2.45) is 0 Å². The minimum Gasteiger partial charge on any atom is -0.331 e. The third-order valence-electron chi connectivity index (χ3n) is 2.38. The maximum atomic E-state index is 12.9. The minimum atomic E-state index is -8.48. The van der Waals surface area contributed by atoms with E-state index in [1.807, 2.05) is 0 Å². The van der Waals surface area contributed by atoms with Gasteiger partial charge in [-0.1, -0.05) is 0 Å². The van der Waals surface area contributed by atoms with Gasteiger partial charge in [0.15, 0.2) is 0 Å². The highest BCUT2D eigenvalue weighted by Gasteiger charge is 2.95. The SMILES string of the molecule is OC(F)(F)C(F)(F)C(F)(F)C(F)(F)C(F)(C(F)(F)F)C(F)(F)F. The van der Waals surface area contributed by atoms with E-state index in [2.05, 4.69) is 0 Å². The number of alkyl halides is 15. The van der Waals surface area contributed by atoms with Crippen LogP contribution in [-0.4, -0.2) is 47.0 Å². The first-order chi connectivity index (χ1) is 9.50. The third-order valence-corrected chi connectivity index (χ3v) is 2.38. The lowest BCUT2D eigenvalue weighted by atomic mass is 9.87. The summed E-state index contributed by atoms with van der Waals surface area (Å²) in [5.41, 5.74) is -8.33. The van der Waals surface area contributed by atoms with E-state index >= 15 is 0 Å². The summed E-state index contributed by atoms with van der Waals surface area (Å²) in [6, 6.07) is 0. The zero-order valence-electron chi connectivity index (χ0n) is 9.62. The van der Waals surface area contributed by atoms with Crippen LogP contribution in [0.25, 0.3) is 0 Å². The van der Waals surface area contributed by atoms with E-state index in [1.54, 1.807) is 0 Å². The molecule has 0 aliphatic rings. The first kappa shape index (κ1) is 21.9. The highest BCUT2D eigenvalue weighted by Crippen LogP contribution is 2.63. The fourth-order valence-electron chi connectivity index (χ4n) is 1.12. The molecule has 0 aliphatic carbocycles. The molecule has 1 N–H and O–H groups in total. The van der Waals surface area contributed by atoms with Gasteiger partial charge in [0.05, 0.1) is 0 Å². The van der Waals surface area contributed by atoms with Gasteiger partial charge < -0.3 is 5.11 Å². The van der Waals surface area contributed by atoms with E-state index in [0.29, 0.717) is 0 Å². The van der Waals surface area contributed by atoms with Gasteiger partial charge in [-0.15, -0.1) is 0 Å². The summed E-state index contributed by atoms with van der Waals surface area (Å²) in [6.45, 7) is 0. The van der Waals surface area contributed by atoms with Gasteiger partial charge in [0.1, 0.15) is 0 Å². The summed E-state index contributed by atoms with van der Waals surface area (Å²) in [4.78, 5) is 0. The molecule has 0 spiro atoms. The van der Waals surface area contributed by atoms with Gasteiger partial charge in [0.25, 0.3) is 0 Å². The van der Waals surface area contributed by atoms with Crippen molar-refractivity contribution >= 4 is 0 Å². The van der Waals surface area contributed by atoms with Crippen LogP contribution in [0.1, 0.15) is 0 Å². The molecule has 1 nitrogen and oxygen atoms in total. The number of hydrogen-bond donors (Lipinski definition) is 1. The van der Waals surface area contributed by atoms with Gasteiger partial charge in [0, 0.05) is 0 Å². The van der Waals surface area contributed by atoms with Crippen LogP contribution < -0.4 is 0 Å². The van der Waals surface area contributed by atoms with Gasteiger partial charge in [-0.2, -0.15) is 61.5 Å². The summed E-state index contributed by atoms with van der Waals surface area (Å²) >= 11 is 0. The van der Waals surface area contributed by atoms with Crippen LogP contribution in [0.15, 0.2) is 0 Å². The summed E-state index contributed by atoms with van der Waals surface area (Å²) < 4.78 is 184. The summed E-state index contributed by atoms with van der Waals surface area (Å²) in [5.74, 6) is -24.7. The molecule has 140 valence electrons. The van der Waals surface area contributed by atoms with E-state index in [1.165, 1.54) is 0 Å². The first-order valence-corrected chi connectivity index (χ1v) is 4.56. The highest BCUT2D eigenvalue weighted by atomic mass is 19.4. The molecule has 0 amide bonds. The predicted octanol–water partition coefficient (Wildman–Crippen LogP) is 4.31. The lowest BCUT2D eigenvalue weighted by Crippen LogP contribution is -2.75. The van der Waals surface area contributed by atoms with E-state index in [0.717, 1.165) is 0 Å². The van der Waals surface area contributed by atoms with Crippen LogP contribution in [0.2, 0.25) is 0 Å². The summed E-state index contributed by atoms with van der Waals surface area (Å²) in [5, 5.41) is 7.33. The lowest BCUT2D eigenvalue weighted by molar-refractivity contribution is -0.472. The number of aliphatic hydroxyl groups is 1.